The first kappa shape index (κ1) is 18.9. The third kappa shape index (κ3) is 6.20. The maximum absolute atomic E-state index is 12.0. The van der Waals surface area contributed by atoms with Crippen molar-refractivity contribution in [1.29, 1.82) is 0 Å². The molecule has 7 heteroatoms. The highest BCUT2D eigenvalue weighted by atomic mass is 32.1. The number of piperidine rings is 1. The van der Waals surface area contributed by atoms with E-state index in [4.69, 9.17) is 9.47 Å². The number of nitrogens with zero attached hydrogens (tertiary/aromatic N) is 2. The predicted octanol–water partition coefficient (Wildman–Crippen LogP) is 3.38. The van der Waals surface area contributed by atoms with E-state index in [1.807, 2.05) is 20.8 Å². The lowest BCUT2D eigenvalue weighted by Gasteiger charge is -2.33. The minimum Gasteiger partial charge on any atom is -0.444 e. The molecule has 0 atom stereocenters. The van der Waals surface area contributed by atoms with E-state index in [-0.39, 0.29) is 18.5 Å². The molecule has 0 saturated carbocycles. The molecule has 0 aromatic carbocycles. The molecule has 134 valence electrons. The van der Waals surface area contributed by atoms with Gasteiger partial charge in [-0.3, -0.25) is 4.79 Å². The Morgan fingerprint density at radius 3 is 2.62 bits per heavy atom. The van der Waals surface area contributed by atoms with Crippen LogP contribution in [0, 0.1) is 5.92 Å². The second-order valence-electron chi connectivity index (χ2n) is 7.01. The van der Waals surface area contributed by atoms with Crippen molar-refractivity contribution in [2.45, 2.75) is 45.6 Å². The van der Waals surface area contributed by atoms with Crippen LogP contribution >= 0.6 is 11.3 Å². The number of thiazole rings is 1. The average molecular weight is 354 g/mol. The molecule has 6 nitrogen and oxygen atoms in total. The smallest absolute Gasteiger partial charge is 0.410 e. The summed E-state index contributed by atoms with van der Waals surface area (Å²) in [6, 6.07) is 0. The first-order valence-corrected chi connectivity index (χ1v) is 9.21. The number of ether oxygens (including phenoxy) is 2. The normalized spacial score (nSPS) is 16.2. The number of amides is 1. The van der Waals surface area contributed by atoms with E-state index in [9.17, 15) is 9.59 Å². The van der Waals surface area contributed by atoms with Gasteiger partial charge in [-0.15, -0.1) is 11.3 Å². The Hall–Kier alpha value is -1.47. The number of Topliss-reactive ketones (excluding diaryl/α,β-unsaturated/α-hetero) is 1. The Bertz CT molecular complexity index is 531. The Morgan fingerprint density at radius 2 is 2.04 bits per heavy atom. The van der Waals surface area contributed by atoms with Crippen molar-refractivity contribution in [3.05, 3.63) is 16.6 Å². The molecule has 0 spiro atoms. The summed E-state index contributed by atoms with van der Waals surface area (Å²) >= 11 is 1.33. The molecule has 0 radical (unpaired) electrons. The fraction of sp³-hybridized carbons (Fsp3) is 0.706. The van der Waals surface area contributed by atoms with Gasteiger partial charge in [0.25, 0.3) is 0 Å². The number of carbonyl (C=O) groups excluding carboxylic acids is 2. The van der Waals surface area contributed by atoms with Gasteiger partial charge >= 0.3 is 6.09 Å². The second kappa shape index (κ2) is 8.58. The van der Waals surface area contributed by atoms with Gasteiger partial charge in [0.15, 0.2) is 5.01 Å². The molecule has 0 aliphatic carbocycles. The van der Waals surface area contributed by atoms with E-state index < -0.39 is 5.60 Å². The van der Waals surface area contributed by atoms with Crippen LogP contribution in [0.2, 0.25) is 0 Å². The zero-order valence-electron chi connectivity index (χ0n) is 14.6. The van der Waals surface area contributed by atoms with Gasteiger partial charge in [-0.2, -0.15) is 0 Å². The molecule has 1 aromatic heterocycles. The largest absolute Gasteiger partial charge is 0.444 e. The lowest BCUT2D eigenvalue weighted by Crippen LogP contribution is -2.41. The zero-order chi connectivity index (χ0) is 17.6. The fourth-order valence-corrected chi connectivity index (χ4v) is 3.13. The van der Waals surface area contributed by atoms with Crippen molar-refractivity contribution in [3.63, 3.8) is 0 Å². The van der Waals surface area contributed by atoms with Crippen molar-refractivity contribution in [1.82, 2.24) is 9.88 Å². The topological polar surface area (TPSA) is 68.7 Å². The highest BCUT2D eigenvalue weighted by molar-refractivity contribution is 7.11. The van der Waals surface area contributed by atoms with Crippen LogP contribution in [0.5, 0.6) is 0 Å². The van der Waals surface area contributed by atoms with Gasteiger partial charge in [0.1, 0.15) is 12.2 Å². The highest BCUT2D eigenvalue weighted by Gasteiger charge is 2.26. The van der Waals surface area contributed by atoms with Gasteiger partial charge in [-0.1, -0.05) is 0 Å². The molecule has 1 fully saturated rings. The van der Waals surface area contributed by atoms with E-state index in [2.05, 4.69) is 4.98 Å². The van der Waals surface area contributed by atoms with Crippen molar-refractivity contribution in [2.24, 2.45) is 5.92 Å². The number of likely N-dealkylation sites (tertiary alicyclic amines) is 1. The van der Waals surface area contributed by atoms with Crippen LogP contribution in [0.4, 0.5) is 4.79 Å². The molecule has 0 bridgehead atoms. The van der Waals surface area contributed by atoms with Gasteiger partial charge in [-0.05, 0) is 46.0 Å². The molecule has 0 unspecified atom stereocenters. The van der Waals surface area contributed by atoms with Crippen molar-refractivity contribution >= 4 is 23.2 Å². The maximum Gasteiger partial charge on any atom is 0.410 e. The van der Waals surface area contributed by atoms with Gasteiger partial charge in [-0.25, -0.2) is 9.78 Å². The molecule has 1 saturated heterocycles. The monoisotopic (exact) mass is 354 g/mol. The average Bonchev–Trinajstić information content (AvgIpc) is 3.04. The van der Waals surface area contributed by atoms with E-state index in [0.29, 0.717) is 17.5 Å². The van der Waals surface area contributed by atoms with E-state index in [1.165, 1.54) is 11.3 Å². The van der Waals surface area contributed by atoms with Crippen molar-refractivity contribution in [3.8, 4) is 0 Å². The number of hydrogen-bond acceptors (Lipinski definition) is 6. The minimum atomic E-state index is -0.453. The van der Waals surface area contributed by atoms with E-state index >= 15 is 0 Å². The summed E-state index contributed by atoms with van der Waals surface area (Å²) in [6.45, 7) is 7.72. The number of hydrogen-bond donors (Lipinski definition) is 0. The lowest BCUT2D eigenvalue weighted by atomic mass is 9.94. The van der Waals surface area contributed by atoms with Crippen LogP contribution in [0.3, 0.4) is 0 Å². The number of rotatable bonds is 6. The molecule has 1 amide bonds. The minimum absolute atomic E-state index is 0.0651. The van der Waals surface area contributed by atoms with Crippen LogP contribution in [-0.2, 0) is 9.47 Å². The number of ketones is 1. The molecular formula is C17H26N2O4S. The summed E-state index contributed by atoms with van der Waals surface area (Å²) in [4.78, 5) is 29.5. The van der Waals surface area contributed by atoms with E-state index in [1.54, 1.807) is 16.5 Å². The standard InChI is InChI=1S/C17H26N2O4S/c1-17(2,3)23-16(21)19-8-4-13(5-9-19)6-10-22-12-14(20)15-18-7-11-24-15/h7,11,13H,4-6,8-10,12H2,1-3H3. The molecule has 2 heterocycles. The van der Waals surface area contributed by atoms with Gasteiger partial charge in [0.05, 0.1) is 0 Å². The molecular weight excluding hydrogens is 328 g/mol. The van der Waals surface area contributed by atoms with Crippen LogP contribution < -0.4 is 0 Å². The maximum atomic E-state index is 12.0. The fourth-order valence-electron chi connectivity index (χ4n) is 2.57. The molecule has 24 heavy (non-hydrogen) atoms. The van der Waals surface area contributed by atoms with Gasteiger partial charge in [0, 0.05) is 31.3 Å². The van der Waals surface area contributed by atoms with Crippen LogP contribution in [-0.4, -0.2) is 53.7 Å². The van der Waals surface area contributed by atoms with Crippen LogP contribution in [0.25, 0.3) is 0 Å². The quantitative estimate of drug-likeness (QED) is 0.579. The van der Waals surface area contributed by atoms with Crippen molar-refractivity contribution < 1.29 is 19.1 Å². The Balaban J connectivity index is 1.60. The first-order chi connectivity index (χ1) is 11.3. The number of aromatic nitrogens is 1. The second-order valence-corrected chi connectivity index (χ2v) is 7.91. The van der Waals surface area contributed by atoms with E-state index in [0.717, 1.165) is 32.4 Å². The molecule has 1 aromatic rings. The van der Waals surface area contributed by atoms with Crippen molar-refractivity contribution in [2.75, 3.05) is 26.3 Å². The molecule has 0 N–H and O–H groups in total. The highest BCUT2D eigenvalue weighted by Crippen LogP contribution is 2.22. The predicted molar refractivity (Wildman–Crippen MR) is 92.4 cm³/mol. The third-order valence-electron chi connectivity index (χ3n) is 3.84. The SMILES string of the molecule is CC(C)(C)OC(=O)N1CCC(CCOCC(=O)c2nccs2)CC1. The van der Waals surface area contributed by atoms with Crippen LogP contribution in [0.15, 0.2) is 11.6 Å². The van der Waals surface area contributed by atoms with Crippen LogP contribution in [0.1, 0.15) is 49.8 Å². The summed E-state index contributed by atoms with van der Waals surface area (Å²) in [5.41, 5.74) is -0.453. The Labute approximate surface area is 147 Å². The van der Waals surface area contributed by atoms with Gasteiger partial charge in [0.2, 0.25) is 5.78 Å². The molecule has 1 aliphatic heterocycles. The lowest BCUT2D eigenvalue weighted by molar-refractivity contribution is 0.0166. The van der Waals surface area contributed by atoms with Gasteiger partial charge < -0.3 is 14.4 Å². The summed E-state index contributed by atoms with van der Waals surface area (Å²) in [7, 11) is 0. The summed E-state index contributed by atoms with van der Waals surface area (Å²) in [5, 5.41) is 2.28. The third-order valence-corrected chi connectivity index (χ3v) is 4.65. The summed E-state index contributed by atoms with van der Waals surface area (Å²) in [5.74, 6) is 0.461. The summed E-state index contributed by atoms with van der Waals surface area (Å²) in [6.07, 6.45) is 4.20. The molecule has 2 rings (SSSR count). The zero-order valence-corrected chi connectivity index (χ0v) is 15.4. The Morgan fingerprint density at radius 1 is 1.33 bits per heavy atom. The summed E-state index contributed by atoms with van der Waals surface area (Å²) < 4.78 is 10.9. The number of carbonyl (C=O) groups is 2. The first-order valence-electron chi connectivity index (χ1n) is 8.33. The molecule has 1 aliphatic rings. The Kier molecular flexibility index (Phi) is 6.74.